The second-order valence-electron chi connectivity index (χ2n) is 6.25. The number of nitriles is 1. The first-order chi connectivity index (χ1) is 14.0. The highest BCUT2D eigenvalue weighted by Crippen LogP contribution is 2.45. The molecule has 0 amide bonds. The van der Waals surface area contributed by atoms with Crippen LogP contribution in [0.15, 0.2) is 59.6 Å². The molecule has 7 heteroatoms. The monoisotopic (exact) mass is 394 g/mol. The fourth-order valence-electron chi connectivity index (χ4n) is 3.34. The molecule has 1 aromatic heterocycles. The van der Waals surface area contributed by atoms with Crippen molar-refractivity contribution in [2.24, 2.45) is 0 Å². The Labute approximate surface area is 169 Å². The molecule has 2 heterocycles. The molecule has 0 radical (unpaired) electrons. The number of carbonyl (C=O) groups excluding carboxylic acids is 1. The van der Waals surface area contributed by atoms with Crippen molar-refractivity contribution in [2.75, 3.05) is 20.8 Å². The van der Waals surface area contributed by atoms with Crippen molar-refractivity contribution >= 4 is 11.9 Å². The maximum absolute atomic E-state index is 12.8. The van der Waals surface area contributed by atoms with Gasteiger partial charge in [-0.3, -0.25) is 4.57 Å². The molecule has 1 atom stereocenters. The van der Waals surface area contributed by atoms with E-state index >= 15 is 0 Å². The number of hydrogen-bond donors (Lipinski definition) is 0. The maximum atomic E-state index is 12.8. The normalized spacial score (nSPS) is 16.2. The molecule has 29 heavy (non-hydrogen) atoms. The summed E-state index contributed by atoms with van der Waals surface area (Å²) < 4.78 is 23.7. The van der Waals surface area contributed by atoms with Crippen LogP contribution in [0.3, 0.4) is 0 Å². The Hall–Kier alpha value is -3.66. The van der Waals surface area contributed by atoms with E-state index in [1.807, 2.05) is 12.1 Å². The Balaban J connectivity index is 2.27. The van der Waals surface area contributed by atoms with E-state index in [1.54, 1.807) is 56.1 Å². The van der Waals surface area contributed by atoms with Crippen LogP contribution >= 0.6 is 0 Å². The smallest absolute Gasteiger partial charge is 0.338 e. The molecule has 0 aliphatic carbocycles. The summed E-state index contributed by atoms with van der Waals surface area (Å²) in [7, 11) is 3.09. The number of hydrogen-bond acceptors (Lipinski definition) is 6. The van der Waals surface area contributed by atoms with Gasteiger partial charge in [0.25, 0.3) is 0 Å². The van der Waals surface area contributed by atoms with Gasteiger partial charge in [-0.25, -0.2) is 4.79 Å². The van der Waals surface area contributed by atoms with Crippen molar-refractivity contribution in [3.05, 3.63) is 65.2 Å². The lowest BCUT2D eigenvalue weighted by molar-refractivity contribution is -0.139. The van der Waals surface area contributed by atoms with Crippen molar-refractivity contribution in [1.82, 2.24) is 4.57 Å². The van der Waals surface area contributed by atoms with Crippen LogP contribution in [-0.4, -0.2) is 31.4 Å². The van der Waals surface area contributed by atoms with Crippen LogP contribution in [0.25, 0.3) is 5.88 Å². The zero-order chi connectivity index (χ0) is 21.0. The summed E-state index contributed by atoms with van der Waals surface area (Å²) in [6, 6.07) is 11.1. The molecular weight excluding hydrogens is 372 g/mol. The topological polar surface area (TPSA) is 82.7 Å². The third kappa shape index (κ3) is 3.69. The number of allylic oxidation sites excluding steroid dienone is 2. The first kappa shape index (κ1) is 20.1. The lowest BCUT2D eigenvalue weighted by atomic mass is 9.82. The standard InChI is InChI=1S/C22H22N2O5/c1-5-28-22(25)19-14(2)29-21(24-10-6-7-11-24)17(13-23)20(19)16-9-8-15(26-3)12-18(16)27-4/h6-12,20H,5H2,1-4H3/t20-/m1/s1. The van der Waals surface area contributed by atoms with Crippen LogP contribution in [-0.2, 0) is 14.3 Å². The van der Waals surface area contributed by atoms with Crippen molar-refractivity contribution in [3.8, 4) is 17.6 Å². The Morgan fingerprint density at radius 1 is 1.24 bits per heavy atom. The van der Waals surface area contributed by atoms with Crippen LogP contribution in [0, 0.1) is 11.3 Å². The van der Waals surface area contributed by atoms with Crippen molar-refractivity contribution < 1.29 is 23.7 Å². The number of nitrogens with zero attached hydrogens (tertiary/aromatic N) is 2. The fourth-order valence-corrected chi connectivity index (χ4v) is 3.34. The summed E-state index contributed by atoms with van der Waals surface area (Å²) in [4.78, 5) is 12.8. The zero-order valence-corrected chi connectivity index (χ0v) is 16.8. The number of ether oxygens (including phenoxy) is 4. The quantitative estimate of drug-likeness (QED) is 0.692. The van der Waals surface area contributed by atoms with Gasteiger partial charge in [-0.1, -0.05) is 6.07 Å². The molecule has 0 saturated heterocycles. The first-order valence-corrected chi connectivity index (χ1v) is 9.10. The number of carbonyl (C=O) groups is 1. The fraction of sp³-hybridized carbons (Fsp3) is 0.273. The van der Waals surface area contributed by atoms with Crippen LogP contribution < -0.4 is 9.47 Å². The van der Waals surface area contributed by atoms with E-state index in [4.69, 9.17) is 18.9 Å². The van der Waals surface area contributed by atoms with Gasteiger partial charge in [0.15, 0.2) is 0 Å². The lowest BCUT2D eigenvalue weighted by Crippen LogP contribution is -2.24. The summed E-state index contributed by atoms with van der Waals surface area (Å²) in [6.45, 7) is 3.62. The van der Waals surface area contributed by atoms with E-state index in [0.717, 1.165) is 0 Å². The van der Waals surface area contributed by atoms with Gasteiger partial charge in [0.2, 0.25) is 5.88 Å². The zero-order valence-electron chi connectivity index (χ0n) is 16.8. The molecule has 1 aliphatic rings. The first-order valence-electron chi connectivity index (χ1n) is 9.10. The minimum absolute atomic E-state index is 0.206. The molecule has 0 unspecified atom stereocenters. The van der Waals surface area contributed by atoms with E-state index in [2.05, 4.69) is 6.07 Å². The molecule has 0 N–H and O–H groups in total. The molecule has 0 fully saturated rings. The Bertz CT molecular complexity index is 1010. The van der Waals surface area contributed by atoms with Gasteiger partial charge in [-0.2, -0.15) is 5.26 Å². The molecule has 1 aromatic carbocycles. The Morgan fingerprint density at radius 2 is 1.97 bits per heavy atom. The summed E-state index contributed by atoms with van der Waals surface area (Å²) in [5.74, 6) is 0.549. The van der Waals surface area contributed by atoms with Crippen molar-refractivity contribution in [1.29, 1.82) is 5.26 Å². The predicted molar refractivity (Wildman–Crippen MR) is 106 cm³/mol. The van der Waals surface area contributed by atoms with E-state index in [1.165, 1.54) is 7.11 Å². The maximum Gasteiger partial charge on any atom is 0.338 e. The predicted octanol–water partition coefficient (Wildman–Crippen LogP) is 3.85. The minimum Gasteiger partial charge on any atom is -0.497 e. The van der Waals surface area contributed by atoms with Gasteiger partial charge in [0, 0.05) is 24.0 Å². The Morgan fingerprint density at radius 3 is 2.55 bits per heavy atom. The molecular formula is C22H22N2O5. The van der Waals surface area contributed by atoms with Gasteiger partial charge < -0.3 is 18.9 Å². The van der Waals surface area contributed by atoms with Gasteiger partial charge in [-0.05, 0) is 32.0 Å². The number of benzene rings is 1. The van der Waals surface area contributed by atoms with Crippen molar-refractivity contribution in [2.45, 2.75) is 19.8 Å². The summed E-state index contributed by atoms with van der Waals surface area (Å²) in [6.07, 6.45) is 3.55. The molecule has 0 bridgehead atoms. The second kappa shape index (κ2) is 8.57. The molecule has 7 nitrogen and oxygen atoms in total. The molecule has 1 aliphatic heterocycles. The van der Waals surface area contributed by atoms with Crippen LogP contribution in [0.2, 0.25) is 0 Å². The number of rotatable bonds is 6. The van der Waals surface area contributed by atoms with Crippen LogP contribution in [0.4, 0.5) is 0 Å². The highest BCUT2D eigenvalue weighted by molar-refractivity contribution is 5.93. The largest absolute Gasteiger partial charge is 0.497 e. The lowest BCUT2D eigenvalue weighted by Gasteiger charge is -2.29. The highest BCUT2D eigenvalue weighted by atomic mass is 16.5. The van der Waals surface area contributed by atoms with Gasteiger partial charge in [-0.15, -0.1) is 0 Å². The minimum atomic E-state index is -0.717. The van der Waals surface area contributed by atoms with E-state index < -0.39 is 11.9 Å². The summed E-state index contributed by atoms with van der Waals surface area (Å²) in [5.41, 5.74) is 1.18. The van der Waals surface area contributed by atoms with Crippen molar-refractivity contribution in [3.63, 3.8) is 0 Å². The number of esters is 1. The molecule has 0 spiro atoms. The Kier molecular flexibility index (Phi) is 5.93. The molecule has 3 rings (SSSR count). The molecule has 2 aromatic rings. The third-order valence-corrected chi connectivity index (χ3v) is 4.64. The molecule has 0 saturated carbocycles. The van der Waals surface area contributed by atoms with E-state index in [9.17, 15) is 10.1 Å². The van der Waals surface area contributed by atoms with E-state index in [0.29, 0.717) is 28.7 Å². The second-order valence-corrected chi connectivity index (χ2v) is 6.25. The van der Waals surface area contributed by atoms with Gasteiger partial charge >= 0.3 is 5.97 Å². The van der Waals surface area contributed by atoms with E-state index in [-0.39, 0.29) is 17.8 Å². The number of aromatic nitrogens is 1. The SMILES string of the molecule is CCOC(=O)C1=C(C)OC(n2cccc2)=C(C#N)[C@H]1c1ccc(OC)cc1OC. The third-order valence-electron chi connectivity index (χ3n) is 4.64. The van der Waals surface area contributed by atoms with Crippen LogP contribution in [0.1, 0.15) is 25.3 Å². The molecule has 150 valence electrons. The van der Waals surface area contributed by atoms with Crippen LogP contribution in [0.5, 0.6) is 11.5 Å². The van der Waals surface area contributed by atoms with Gasteiger partial charge in [0.1, 0.15) is 28.9 Å². The summed E-state index contributed by atoms with van der Waals surface area (Å²) >= 11 is 0. The summed E-state index contributed by atoms with van der Waals surface area (Å²) in [5, 5.41) is 10.0. The van der Waals surface area contributed by atoms with Gasteiger partial charge in [0.05, 0.1) is 32.3 Å². The highest BCUT2D eigenvalue weighted by Gasteiger charge is 2.39. The average molecular weight is 394 g/mol. The number of methoxy groups -OCH3 is 2. The average Bonchev–Trinajstić information content (AvgIpc) is 3.27.